The number of fused-ring (bicyclic) bond motifs is 1. The number of aromatic amines is 1. The van der Waals surface area contributed by atoms with Crippen LogP contribution in [-0.2, 0) is 0 Å². The van der Waals surface area contributed by atoms with Crippen LogP contribution in [0.1, 0.15) is 43.6 Å². The van der Waals surface area contributed by atoms with E-state index in [9.17, 15) is 5.26 Å². The maximum atomic E-state index is 9.74. The van der Waals surface area contributed by atoms with Gasteiger partial charge in [-0.1, -0.05) is 19.3 Å². The molecule has 1 aromatic heterocycles. The smallest absolute Gasteiger partial charge is 0.244 e. The molecular weight excluding hydrogens is 328 g/mol. The van der Waals surface area contributed by atoms with Gasteiger partial charge in [-0.3, -0.25) is 5.10 Å². The first kappa shape index (κ1) is 16.5. The van der Waals surface area contributed by atoms with Gasteiger partial charge in [0.1, 0.15) is 11.8 Å². The molecule has 0 bridgehead atoms. The van der Waals surface area contributed by atoms with Crippen LogP contribution >= 0.6 is 0 Å². The molecule has 1 atom stereocenters. The lowest BCUT2D eigenvalue weighted by molar-refractivity contribution is 0.297. The third-order valence-electron chi connectivity index (χ3n) is 5.48. The lowest BCUT2D eigenvalue weighted by Gasteiger charge is -2.33. The van der Waals surface area contributed by atoms with Crippen molar-refractivity contribution < 1.29 is 9.47 Å². The summed E-state index contributed by atoms with van der Waals surface area (Å²) in [6.45, 7) is 0. The normalized spacial score (nSPS) is 20.2. The van der Waals surface area contributed by atoms with E-state index >= 15 is 0 Å². The molecule has 3 N–H and O–H groups in total. The molecule has 1 unspecified atom stereocenters. The molecule has 26 heavy (non-hydrogen) atoms. The predicted octanol–water partition coefficient (Wildman–Crippen LogP) is 3.84. The number of H-pyrrole nitrogens is 1. The average molecular weight is 350 g/mol. The van der Waals surface area contributed by atoms with E-state index < -0.39 is 0 Å². The van der Waals surface area contributed by atoms with E-state index in [0.717, 1.165) is 35.4 Å². The van der Waals surface area contributed by atoms with Gasteiger partial charge in [-0.2, -0.15) is 5.26 Å². The molecule has 0 spiro atoms. The second-order valence-electron chi connectivity index (χ2n) is 6.91. The summed E-state index contributed by atoms with van der Waals surface area (Å²) in [4.78, 5) is 0. The number of hydrogen-bond donors (Lipinski definition) is 2. The first-order chi connectivity index (χ1) is 12.7. The highest BCUT2D eigenvalue weighted by molar-refractivity contribution is 5.69. The number of ether oxygens (including phenoxy) is 2. The monoisotopic (exact) mass is 350 g/mol. The Labute approximate surface area is 152 Å². The topological polar surface area (TPSA) is 97.0 Å². The van der Waals surface area contributed by atoms with Crippen LogP contribution in [0.5, 0.6) is 11.6 Å². The van der Waals surface area contributed by atoms with Gasteiger partial charge in [0.05, 0.1) is 23.9 Å². The zero-order valence-electron chi connectivity index (χ0n) is 14.8. The van der Waals surface area contributed by atoms with Crippen LogP contribution in [0.4, 0.5) is 0 Å². The Morgan fingerprint density at radius 3 is 2.62 bits per heavy atom. The van der Waals surface area contributed by atoms with Crippen molar-refractivity contribution in [2.75, 3.05) is 7.11 Å². The summed E-state index contributed by atoms with van der Waals surface area (Å²) >= 11 is 0. The molecule has 2 aliphatic rings. The maximum Gasteiger partial charge on any atom is 0.244 e. The molecule has 1 aliphatic carbocycles. The van der Waals surface area contributed by atoms with Gasteiger partial charge >= 0.3 is 0 Å². The number of hydrogen-bond acceptors (Lipinski definition) is 5. The van der Waals surface area contributed by atoms with Crippen LogP contribution in [0.3, 0.4) is 0 Å². The molecule has 0 amide bonds. The zero-order valence-corrected chi connectivity index (χ0v) is 14.8. The van der Waals surface area contributed by atoms with Crippen LogP contribution in [0.2, 0.25) is 0 Å². The van der Waals surface area contributed by atoms with Gasteiger partial charge < -0.3 is 15.2 Å². The number of nitrogens with two attached hydrogens (primary N) is 1. The number of rotatable bonds is 3. The van der Waals surface area contributed by atoms with Crippen molar-refractivity contribution in [3.8, 4) is 29.0 Å². The Balaban J connectivity index is 1.81. The highest BCUT2D eigenvalue weighted by atomic mass is 16.5. The van der Waals surface area contributed by atoms with Gasteiger partial charge in [0.15, 0.2) is 0 Å². The third-order valence-corrected chi connectivity index (χ3v) is 5.48. The Hall–Kier alpha value is -2.94. The predicted molar refractivity (Wildman–Crippen MR) is 97.3 cm³/mol. The zero-order chi connectivity index (χ0) is 18.1. The number of nitriles is 1. The quantitative estimate of drug-likeness (QED) is 0.876. The fourth-order valence-corrected chi connectivity index (χ4v) is 4.20. The van der Waals surface area contributed by atoms with Gasteiger partial charge in [-0.25, -0.2) is 0 Å². The molecule has 1 aromatic carbocycles. The van der Waals surface area contributed by atoms with Gasteiger partial charge in [0.2, 0.25) is 11.8 Å². The minimum absolute atomic E-state index is 0.0695. The minimum atomic E-state index is -0.0695. The number of aromatic nitrogens is 2. The van der Waals surface area contributed by atoms with Crippen molar-refractivity contribution in [3.63, 3.8) is 0 Å². The Morgan fingerprint density at radius 1 is 1.23 bits per heavy atom. The Morgan fingerprint density at radius 2 is 1.96 bits per heavy atom. The second kappa shape index (κ2) is 6.75. The highest BCUT2D eigenvalue weighted by Gasteiger charge is 2.39. The van der Waals surface area contributed by atoms with Crippen molar-refractivity contribution in [1.82, 2.24) is 10.2 Å². The van der Waals surface area contributed by atoms with Crippen LogP contribution in [0.15, 0.2) is 35.7 Å². The molecule has 6 heteroatoms. The van der Waals surface area contributed by atoms with Gasteiger partial charge in [0, 0.05) is 11.5 Å². The van der Waals surface area contributed by atoms with E-state index in [1.54, 1.807) is 7.11 Å². The molecule has 1 saturated carbocycles. The Kier molecular flexibility index (Phi) is 4.29. The summed E-state index contributed by atoms with van der Waals surface area (Å²) in [7, 11) is 1.65. The van der Waals surface area contributed by atoms with Crippen molar-refractivity contribution >= 4 is 0 Å². The molecule has 0 saturated heterocycles. The van der Waals surface area contributed by atoms with Gasteiger partial charge in [-0.15, -0.1) is 5.10 Å². The molecule has 134 valence electrons. The fraction of sp³-hybridized carbons (Fsp3) is 0.400. The van der Waals surface area contributed by atoms with Crippen molar-refractivity contribution in [2.24, 2.45) is 11.7 Å². The van der Waals surface area contributed by atoms with E-state index in [0.29, 0.717) is 17.4 Å². The van der Waals surface area contributed by atoms with Gasteiger partial charge in [0.25, 0.3) is 0 Å². The second-order valence-corrected chi connectivity index (χ2v) is 6.91. The number of allylic oxidation sites excluding steroid dienone is 1. The van der Waals surface area contributed by atoms with Gasteiger partial charge in [-0.05, 0) is 43.0 Å². The molecule has 0 radical (unpaired) electrons. The van der Waals surface area contributed by atoms with Crippen LogP contribution in [0.25, 0.3) is 11.3 Å². The van der Waals surface area contributed by atoms with E-state index in [1.165, 1.54) is 19.3 Å². The lowest BCUT2D eigenvalue weighted by atomic mass is 9.72. The summed E-state index contributed by atoms with van der Waals surface area (Å²) in [5.74, 6) is 1.78. The van der Waals surface area contributed by atoms with Crippen molar-refractivity contribution in [3.05, 3.63) is 41.3 Å². The van der Waals surface area contributed by atoms with E-state index in [1.807, 2.05) is 24.3 Å². The summed E-state index contributed by atoms with van der Waals surface area (Å²) in [5, 5.41) is 17.2. The summed E-state index contributed by atoms with van der Waals surface area (Å²) in [5.41, 5.74) is 9.41. The number of benzene rings is 1. The number of nitrogens with zero attached hydrogens (tertiary/aromatic N) is 2. The largest absolute Gasteiger partial charge is 0.497 e. The lowest BCUT2D eigenvalue weighted by Crippen LogP contribution is -2.26. The Bertz CT molecular complexity index is 870. The molecular formula is C20H22N4O2. The first-order valence-corrected chi connectivity index (χ1v) is 9.03. The van der Waals surface area contributed by atoms with Crippen molar-refractivity contribution in [2.45, 2.75) is 38.0 Å². The first-order valence-electron chi connectivity index (χ1n) is 9.03. The van der Waals surface area contributed by atoms with Crippen LogP contribution < -0.4 is 15.2 Å². The number of methoxy groups -OCH3 is 1. The van der Waals surface area contributed by atoms with E-state index in [4.69, 9.17) is 15.2 Å². The SMILES string of the molecule is COc1ccc(-c2[nH]nc3c2C(C2CCCCC2)C(C#N)=C(N)O3)cc1. The standard InChI is InChI=1S/C20H22N4O2/c1-25-14-9-7-13(8-10-14)18-17-16(12-5-3-2-4-6-12)15(11-21)19(22)26-20(17)24-23-18/h7-10,12,16H,2-6,22H2,1H3,(H,23,24). The average Bonchev–Trinajstić information content (AvgIpc) is 3.11. The van der Waals surface area contributed by atoms with Crippen LogP contribution in [0, 0.1) is 17.2 Å². The third kappa shape index (κ3) is 2.70. The summed E-state index contributed by atoms with van der Waals surface area (Å²) in [6.07, 6.45) is 5.81. The van der Waals surface area contributed by atoms with Crippen molar-refractivity contribution in [1.29, 1.82) is 5.26 Å². The number of nitrogens with one attached hydrogen (secondary N) is 1. The summed E-state index contributed by atoms with van der Waals surface area (Å²) in [6, 6.07) is 10.1. The molecule has 1 aliphatic heterocycles. The van der Waals surface area contributed by atoms with E-state index in [2.05, 4.69) is 16.3 Å². The minimum Gasteiger partial charge on any atom is -0.497 e. The molecule has 2 heterocycles. The molecule has 6 nitrogen and oxygen atoms in total. The summed E-state index contributed by atoms with van der Waals surface area (Å²) < 4.78 is 10.9. The molecule has 2 aromatic rings. The molecule has 4 rings (SSSR count). The maximum absolute atomic E-state index is 9.74. The highest BCUT2D eigenvalue weighted by Crippen LogP contribution is 2.49. The van der Waals surface area contributed by atoms with Crippen LogP contribution in [-0.4, -0.2) is 17.3 Å². The fourth-order valence-electron chi connectivity index (χ4n) is 4.20. The van der Waals surface area contributed by atoms with E-state index in [-0.39, 0.29) is 11.8 Å². The molecule has 1 fully saturated rings.